The van der Waals surface area contributed by atoms with Crippen LogP contribution in [-0.2, 0) is 4.79 Å². The molecule has 0 aromatic carbocycles. The molecule has 3 heteroatoms. The summed E-state index contributed by atoms with van der Waals surface area (Å²) in [4.78, 5) is 11.7. The number of unbranched alkanes of at least 4 members (excludes halogenated alkanes) is 4. The van der Waals surface area contributed by atoms with Gasteiger partial charge >= 0.3 is 0 Å². The van der Waals surface area contributed by atoms with E-state index in [4.69, 9.17) is 0 Å². The second-order valence-electron chi connectivity index (χ2n) is 5.65. The Kier molecular flexibility index (Phi) is 8.06. The molecule has 1 rings (SSSR count). The van der Waals surface area contributed by atoms with E-state index in [9.17, 15) is 4.79 Å². The molecule has 0 bridgehead atoms. The minimum absolute atomic E-state index is 0.228. The Balaban J connectivity index is 2.02. The third-order valence-electron chi connectivity index (χ3n) is 3.96. The Morgan fingerprint density at radius 3 is 2.78 bits per heavy atom. The third-order valence-corrected chi connectivity index (χ3v) is 3.96. The lowest BCUT2D eigenvalue weighted by molar-refractivity contribution is -0.121. The van der Waals surface area contributed by atoms with E-state index in [1.54, 1.807) is 0 Å². The highest BCUT2D eigenvalue weighted by Crippen LogP contribution is 2.14. The van der Waals surface area contributed by atoms with Crippen molar-refractivity contribution in [2.45, 2.75) is 71.3 Å². The minimum Gasteiger partial charge on any atom is -0.355 e. The van der Waals surface area contributed by atoms with Crippen molar-refractivity contribution >= 4 is 5.91 Å². The smallest absolute Gasteiger partial charge is 0.220 e. The van der Waals surface area contributed by atoms with Gasteiger partial charge in [0.05, 0.1) is 0 Å². The second-order valence-corrected chi connectivity index (χ2v) is 5.65. The van der Waals surface area contributed by atoms with Crippen LogP contribution in [-0.4, -0.2) is 25.0 Å². The van der Waals surface area contributed by atoms with Gasteiger partial charge in [-0.25, -0.2) is 0 Å². The lowest BCUT2D eigenvalue weighted by atomic mass is 9.93. The molecule has 106 valence electrons. The fourth-order valence-electron chi connectivity index (χ4n) is 2.59. The van der Waals surface area contributed by atoms with Gasteiger partial charge in [0, 0.05) is 19.0 Å². The summed E-state index contributed by atoms with van der Waals surface area (Å²) in [6, 6.07) is 0.475. The Morgan fingerprint density at radius 2 is 2.06 bits per heavy atom. The Morgan fingerprint density at radius 1 is 1.28 bits per heavy atom. The van der Waals surface area contributed by atoms with Gasteiger partial charge in [-0.1, -0.05) is 39.5 Å². The number of nitrogens with one attached hydrogen (secondary N) is 2. The molecule has 0 spiro atoms. The highest BCUT2D eigenvalue weighted by atomic mass is 16.1. The van der Waals surface area contributed by atoms with Gasteiger partial charge in [-0.3, -0.25) is 4.79 Å². The van der Waals surface area contributed by atoms with Crippen LogP contribution < -0.4 is 10.6 Å². The highest BCUT2D eigenvalue weighted by Gasteiger charge is 2.20. The number of hydrogen-bond acceptors (Lipinski definition) is 2. The Hall–Kier alpha value is -0.570. The molecule has 2 N–H and O–H groups in total. The molecule has 1 heterocycles. The third kappa shape index (κ3) is 6.39. The van der Waals surface area contributed by atoms with Crippen LogP contribution in [0, 0.1) is 5.92 Å². The molecule has 18 heavy (non-hydrogen) atoms. The lowest BCUT2D eigenvalue weighted by Gasteiger charge is -2.30. The van der Waals surface area contributed by atoms with E-state index in [1.807, 2.05) is 0 Å². The minimum atomic E-state index is 0.228. The maximum atomic E-state index is 11.7. The van der Waals surface area contributed by atoms with Gasteiger partial charge in [-0.05, 0) is 31.7 Å². The molecular weight excluding hydrogens is 224 g/mol. The SMILES string of the molecule is CCCCCCCC(=O)NCC1NCCCC1C. The highest BCUT2D eigenvalue weighted by molar-refractivity contribution is 5.75. The van der Waals surface area contributed by atoms with Crippen molar-refractivity contribution in [3.63, 3.8) is 0 Å². The van der Waals surface area contributed by atoms with Gasteiger partial charge in [-0.15, -0.1) is 0 Å². The maximum absolute atomic E-state index is 11.7. The summed E-state index contributed by atoms with van der Waals surface area (Å²) in [5, 5.41) is 6.57. The van der Waals surface area contributed by atoms with Gasteiger partial charge in [-0.2, -0.15) is 0 Å². The van der Waals surface area contributed by atoms with Crippen LogP contribution in [0.15, 0.2) is 0 Å². The molecular formula is C15H30N2O. The van der Waals surface area contributed by atoms with Crippen molar-refractivity contribution < 1.29 is 4.79 Å². The average molecular weight is 254 g/mol. The van der Waals surface area contributed by atoms with Crippen LogP contribution in [0.2, 0.25) is 0 Å². The molecule has 1 saturated heterocycles. The Bertz CT molecular complexity index is 231. The van der Waals surface area contributed by atoms with E-state index >= 15 is 0 Å². The first-order chi connectivity index (χ1) is 8.74. The molecule has 0 saturated carbocycles. The van der Waals surface area contributed by atoms with Crippen molar-refractivity contribution in [3.8, 4) is 0 Å². The zero-order chi connectivity index (χ0) is 13.2. The van der Waals surface area contributed by atoms with Crippen LogP contribution in [0.1, 0.15) is 65.2 Å². The van der Waals surface area contributed by atoms with E-state index in [0.29, 0.717) is 18.4 Å². The molecule has 1 fully saturated rings. The number of amides is 1. The predicted molar refractivity (Wildman–Crippen MR) is 76.6 cm³/mol. The fourth-order valence-corrected chi connectivity index (χ4v) is 2.59. The summed E-state index contributed by atoms with van der Waals surface area (Å²) >= 11 is 0. The van der Waals surface area contributed by atoms with Crippen LogP contribution in [0.5, 0.6) is 0 Å². The zero-order valence-electron chi connectivity index (χ0n) is 12.1. The number of hydrogen-bond donors (Lipinski definition) is 2. The van der Waals surface area contributed by atoms with Crippen molar-refractivity contribution in [1.82, 2.24) is 10.6 Å². The monoisotopic (exact) mass is 254 g/mol. The van der Waals surface area contributed by atoms with Crippen molar-refractivity contribution in [2.75, 3.05) is 13.1 Å². The molecule has 2 atom stereocenters. The second kappa shape index (κ2) is 9.37. The molecule has 0 aromatic heterocycles. The molecule has 0 aliphatic carbocycles. The number of carbonyl (C=O) groups is 1. The molecule has 1 amide bonds. The summed E-state index contributed by atoms with van der Waals surface area (Å²) < 4.78 is 0. The van der Waals surface area contributed by atoms with E-state index < -0.39 is 0 Å². The summed E-state index contributed by atoms with van der Waals surface area (Å²) in [6.07, 6.45) is 9.31. The summed E-state index contributed by atoms with van der Waals surface area (Å²) in [6.45, 7) is 6.38. The summed E-state index contributed by atoms with van der Waals surface area (Å²) in [7, 11) is 0. The van der Waals surface area contributed by atoms with Crippen molar-refractivity contribution in [1.29, 1.82) is 0 Å². The van der Waals surface area contributed by atoms with Crippen LogP contribution in [0.3, 0.4) is 0 Å². The van der Waals surface area contributed by atoms with Crippen LogP contribution in [0.4, 0.5) is 0 Å². The Labute approximate surface area is 112 Å². The van der Waals surface area contributed by atoms with E-state index in [-0.39, 0.29) is 5.91 Å². The van der Waals surface area contributed by atoms with E-state index in [0.717, 1.165) is 19.5 Å². The average Bonchev–Trinajstić information content (AvgIpc) is 2.37. The molecule has 2 unspecified atom stereocenters. The lowest BCUT2D eigenvalue weighted by Crippen LogP contribution is -2.47. The quantitative estimate of drug-likeness (QED) is 0.654. The number of carbonyl (C=O) groups excluding carboxylic acids is 1. The zero-order valence-corrected chi connectivity index (χ0v) is 12.1. The summed E-state index contributed by atoms with van der Waals surface area (Å²) in [5.74, 6) is 0.912. The fraction of sp³-hybridized carbons (Fsp3) is 0.933. The topological polar surface area (TPSA) is 41.1 Å². The van der Waals surface area contributed by atoms with Gasteiger partial charge < -0.3 is 10.6 Å². The predicted octanol–water partition coefficient (Wildman–Crippen LogP) is 2.85. The van der Waals surface area contributed by atoms with E-state index in [2.05, 4.69) is 24.5 Å². The normalized spacial score (nSPS) is 23.9. The molecule has 0 aromatic rings. The largest absolute Gasteiger partial charge is 0.355 e. The van der Waals surface area contributed by atoms with Gasteiger partial charge in [0.1, 0.15) is 0 Å². The molecule has 3 nitrogen and oxygen atoms in total. The standard InChI is InChI=1S/C15H30N2O/c1-3-4-5-6-7-10-15(18)17-12-14-13(2)9-8-11-16-14/h13-14,16H,3-12H2,1-2H3,(H,17,18). The molecule has 0 radical (unpaired) electrons. The van der Waals surface area contributed by atoms with Crippen LogP contribution >= 0.6 is 0 Å². The first kappa shape index (κ1) is 15.5. The molecule has 1 aliphatic rings. The summed E-state index contributed by atoms with van der Waals surface area (Å²) in [5.41, 5.74) is 0. The number of piperidine rings is 1. The van der Waals surface area contributed by atoms with E-state index in [1.165, 1.54) is 38.5 Å². The van der Waals surface area contributed by atoms with Crippen molar-refractivity contribution in [2.24, 2.45) is 5.92 Å². The number of rotatable bonds is 8. The first-order valence-electron chi connectivity index (χ1n) is 7.74. The van der Waals surface area contributed by atoms with Crippen LogP contribution in [0.25, 0.3) is 0 Å². The van der Waals surface area contributed by atoms with Gasteiger partial charge in [0.15, 0.2) is 0 Å². The van der Waals surface area contributed by atoms with Gasteiger partial charge in [0.25, 0.3) is 0 Å². The first-order valence-corrected chi connectivity index (χ1v) is 7.74. The van der Waals surface area contributed by atoms with Crippen molar-refractivity contribution in [3.05, 3.63) is 0 Å². The van der Waals surface area contributed by atoms with Gasteiger partial charge in [0.2, 0.25) is 5.91 Å². The maximum Gasteiger partial charge on any atom is 0.220 e. The molecule has 1 aliphatic heterocycles.